The van der Waals surface area contributed by atoms with Gasteiger partial charge < -0.3 is 5.32 Å². The highest BCUT2D eigenvalue weighted by molar-refractivity contribution is 7.98. The summed E-state index contributed by atoms with van der Waals surface area (Å²) in [5.41, 5.74) is 0. The van der Waals surface area contributed by atoms with E-state index < -0.39 is 0 Å². The van der Waals surface area contributed by atoms with Crippen LogP contribution in [-0.4, -0.2) is 25.1 Å². The fourth-order valence-corrected chi connectivity index (χ4v) is 1.53. The average Bonchev–Trinajstić information content (AvgIpc) is 2.02. The van der Waals surface area contributed by atoms with Crippen LogP contribution in [0, 0.1) is 5.92 Å². The molecule has 0 spiro atoms. The summed E-state index contributed by atoms with van der Waals surface area (Å²) in [5.74, 6) is 2.15. The molecule has 0 aromatic carbocycles. The Morgan fingerprint density at radius 2 is 1.83 bits per heavy atom. The highest BCUT2D eigenvalue weighted by atomic mass is 32.2. The van der Waals surface area contributed by atoms with E-state index in [2.05, 4.69) is 25.4 Å². The van der Waals surface area contributed by atoms with Crippen molar-refractivity contribution < 1.29 is 0 Å². The van der Waals surface area contributed by atoms with Crippen LogP contribution in [0.1, 0.15) is 33.1 Å². The van der Waals surface area contributed by atoms with E-state index in [4.69, 9.17) is 0 Å². The van der Waals surface area contributed by atoms with Crippen LogP contribution in [0.4, 0.5) is 0 Å². The average molecular weight is 189 g/mol. The molecule has 0 unspecified atom stereocenters. The van der Waals surface area contributed by atoms with Crippen molar-refractivity contribution in [2.45, 2.75) is 33.1 Å². The second-order valence-corrected chi connectivity index (χ2v) is 4.62. The standard InChI is InChI=1S/C10H23NS/c1-10(2)6-4-7-11-8-5-9-12-3/h10-11H,4-9H2,1-3H3. The summed E-state index contributed by atoms with van der Waals surface area (Å²) in [6.07, 6.45) is 6.16. The third-order valence-electron chi connectivity index (χ3n) is 1.84. The van der Waals surface area contributed by atoms with Crippen LogP contribution in [0.5, 0.6) is 0 Å². The topological polar surface area (TPSA) is 12.0 Å². The maximum atomic E-state index is 3.46. The molecule has 0 atom stereocenters. The predicted molar refractivity (Wildman–Crippen MR) is 59.9 cm³/mol. The summed E-state index contributed by atoms with van der Waals surface area (Å²) in [7, 11) is 0. The second kappa shape index (κ2) is 9.40. The molecule has 0 radical (unpaired) electrons. The number of rotatable bonds is 8. The lowest BCUT2D eigenvalue weighted by Gasteiger charge is -2.05. The molecule has 0 rings (SSSR count). The van der Waals surface area contributed by atoms with Crippen molar-refractivity contribution in [2.75, 3.05) is 25.1 Å². The van der Waals surface area contributed by atoms with Crippen LogP contribution < -0.4 is 5.32 Å². The Labute approximate surface area is 81.7 Å². The summed E-state index contributed by atoms with van der Waals surface area (Å²) in [6, 6.07) is 0. The van der Waals surface area contributed by atoms with Gasteiger partial charge in [0.1, 0.15) is 0 Å². The number of hydrogen-bond acceptors (Lipinski definition) is 2. The highest BCUT2D eigenvalue weighted by Crippen LogP contribution is 2.01. The van der Waals surface area contributed by atoms with E-state index in [1.165, 1.54) is 38.1 Å². The van der Waals surface area contributed by atoms with Crippen molar-refractivity contribution in [2.24, 2.45) is 5.92 Å². The highest BCUT2D eigenvalue weighted by Gasteiger charge is 1.92. The molecule has 0 aliphatic carbocycles. The van der Waals surface area contributed by atoms with Gasteiger partial charge in [0.2, 0.25) is 0 Å². The Hall–Kier alpha value is 0.310. The quantitative estimate of drug-likeness (QED) is 0.589. The van der Waals surface area contributed by atoms with Crippen LogP contribution in [0.3, 0.4) is 0 Å². The molecule has 0 saturated carbocycles. The molecule has 0 aliphatic rings. The lowest BCUT2D eigenvalue weighted by molar-refractivity contribution is 0.527. The molecule has 0 heterocycles. The van der Waals surface area contributed by atoms with Gasteiger partial charge in [0.15, 0.2) is 0 Å². The minimum Gasteiger partial charge on any atom is -0.317 e. The first kappa shape index (κ1) is 12.3. The van der Waals surface area contributed by atoms with E-state index in [9.17, 15) is 0 Å². The molecule has 0 fully saturated rings. The summed E-state index contributed by atoms with van der Waals surface area (Å²) < 4.78 is 0. The van der Waals surface area contributed by atoms with Gasteiger partial charge in [-0.15, -0.1) is 0 Å². The predicted octanol–water partition coefficient (Wildman–Crippen LogP) is 2.77. The maximum absolute atomic E-state index is 3.46. The van der Waals surface area contributed by atoms with Crippen LogP contribution in [0.2, 0.25) is 0 Å². The second-order valence-electron chi connectivity index (χ2n) is 3.63. The van der Waals surface area contributed by atoms with Gasteiger partial charge >= 0.3 is 0 Å². The molecule has 1 N–H and O–H groups in total. The van der Waals surface area contributed by atoms with E-state index in [-0.39, 0.29) is 0 Å². The molecule has 0 bridgehead atoms. The van der Waals surface area contributed by atoms with Crippen molar-refractivity contribution in [1.29, 1.82) is 0 Å². The van der Waals surface area contributed by atoms with Gasteiger partial charge in [0.05, 0.1) is 0 Å². The van der Waals surface area contributed by atoms with Crippen LogP contribution >= 0.6 is 11.8 Å². The minimum atomic E-state index is 0.859. The van der Waals surface area contributed by atoms with Gasteiger partial charge in [0.25, 0.3) is 0 Å². The summed E-state index contributed by atoms with van der Waals surface area (Å²) in [5, 5.41) is 3.46. The molecule has 0 aliphatic heterocycles. The van der Waals surface area contributed by atoms with Gasteiger partial charge in [-0.3, -0.25) is 0 Å². The first-order chi connectivity index (χ1) is 5.77. The number of thioether (sulfide) groups is 1. The lowest BCUT2D eigenvalue weighted by atomic mass is 10.1. The van der Waals surface area contributed by atoms with Crippen molar-refractivity contribution in [3.05, 3.63) is 0 Å². The largest absolute Gasteiger partial charge is 0.317 e. The first-order valence-electron chi connectivity index (χ1n) is 4.97. The SMILES string of the molecule is CSCCCNCCCC(C)C. The summed E-state index contributed by atoms with van der Waals surface area (Å²) in [6.45, 7) is 6.97. The van der Waals surface area contributed by atoms with E-state index >= 15 is 0 Å². The van der Waals surface area contributed by atoms with Crippen LogP contribution in [-0.2, 0) is 0 Å². The Morgan fingerprint density at radius 1 is 1.17 bits per heavy atom. The van der Waals surface area contributed by atoms with E-state index in [1.807, 2.05) is 11.8 Å². The molecule has 0 aromatic heterocycles. The molecule has 0 saturated heterocycles. The Kier molecular flexibility index (Phi) is 9.64. The molecule has 2 heteroatoms. The van der Waals surface area contributed by atoms with Gasteiger partial charge in [0, 0.05) is 0 Å². The summed E-state index contributed by atoms with van der Waals surface area (Å²) in [4.78, 5) is 0. The number of nitrogens with one attached hydrogen (secondary N) is 1. The van der Waals surface area contributed by atoms with Crippen LogP contribution in [0.15, 0.2) is 0 Å². The molecule has 74 valence electrons. The van der Waals surface area contributed by atoms with Gasteiger partial charge in [-0.25, -0.2) is 0 Å². The Bertz CT molecular complexity index is 83.9. The first-order valence-corrected chi connectivity index (χ1v) is 6.36. The van der Waals surface area contributed by atoms with Crippen LogP contribution in [0.25, 0.3) is 0 Å². The smallest absolute Gasteiger partial charge is 0.00411 e. The molecular weight excluding hydrogens is 166 g/mol. The maximum Gasteiger partial charge on any atom is -0.00411 e. The third kappa shape index (κ3) is 10.3. The summed E-state index contributed by atoms with van der Waals surface area (Å²) >= 11 is 1.93. The zero-order valence-electron chi connectivity index (χ0n) is 8.73. The minimum absolute atomic E-state index is 0.859. The molecule has 0 amide bonds. The molecule has 12 heavy (non-hydrogen) atoms. The normalized spacial score (nSPS) is 11.0. The molecular formula is C10H23NS. The van der Waals surface area contributed by atoms with Crippen molar-refractivity contribution >= 4 is 11.8 Å². The van der Waals surface area contributed by atoms with Crippen molar-refractivity contribution in [1.82, 2.24) is 5.32 Å². The monoisotopic (exact) mass is 189 g/mol. The zero-order chi connectivity index (χ0) is 9.23. The zero-order valence-corrected chi connectivity index (χ0v) is 9.54. The van der Waals surface area contributed by atoms with E-state index in [1.54, 1.807) is 0 Å². The van der Waals surface area contributed by atoms with Crippen molar-refractivity contribution in [3.8, 4) is 0 Å². The molecule has 1 nitrogen and oxygen atoms in total. The molecule has 0 aromatic rings. The van der Waals surface area contributed by atoms with E-state index in [0.717, 1.165) is 5.92 Å². The van der Waals surface area contributed by atoms with Crippen molar-refractivity contribution in [3.63, 3.8) is 0 Å². The Balaban J connectivity index is 2.82. The lowest BCUT2D eigenvalue weighted by Crippen LogP contribution is -2.17. The van der Waals surface area contributed by atoms with Gasteiger partial charge in [-0.1, -0.05) is 13.8 Å². The third-order valence-corrected chi connectivity index (χ3v) is 2.53. The van der Waals surface area contributed by atoms with Gasteiger partial charge in [-0.2, -0.15) is 11.8 Å². The Morgan fingerprint density at radius 3 is 2.42 bits per heavy atom. The fourth-order valence-electron chi connectivity index (χ4n) is 1.10. The van der Waals surface area contributed by atoms with Gasteiger partial charge in [-0.05, 0) is 50.3 Å². The van der Waals surface area contributed by atoms with E-state index in [0.29, 0.717) is 0 Å². The fraction of sp³-hybridized carbons (Fsp3) is 1.00. The number of hydrogen-bond donors (Lipinski definition) is 1.